The molecular formula is C17H26N2OS. The van der Waals surface area contributed by atoms with Gasteiger partial charge in [0.2, 0.25) is 5.91 Å². The summed E-state index contributed by atoms with van der Waals surface area (Å²) in [6, 6.07) is 10.5. The molecular weight excluding hydrogens is 280 g/mol. The Hall–Kier alpha value is -1.00. The van der Waals surface area contributed by atoms with E-state index in [0.717, 1.165) is 24.3 Å². The molecule has 0 bridgehead atoms. The number of amides is 1. The standard InChI is InChI=1S/C17H26N2OS/c1-2-19(16-11-7-6-8-14(16)12-18)17(20)13-21-15-9-4-3-5-10-15/h3-5,9-10,14,16H,2,6-8,11-13,18H2,1H3. The summed E-state index contributed by atoms with van der Waals surface area (Å²) in [6.07, 6.45) is 4.74. The molecule has 0 heterocycles. The van der Waals surface area contributed by atoms with Gasteiger partial charge in [-0.3, -0.25) is 4.79 Å². The van der Waals surface area contributed by atoms with Crippen LogP contribution in [0.2, 0.25) is 0 Å². The number of benzene rings is 1. The van der Waals surface area contributed by atoms with E-state index in [2.05, 4.69) is 24.0 Å². The zero-order chi connectivity index (χ0) is 15.1. The van der Waals surface area contributed by atoms with Gasteiger partial charge in [-0.15, -0.1) is 11.8 Å². The van der Waals surface area contributed by atoms with Crippen LogP contribution in [0.4, 0.5) is 0 Å². The third-order valence-corrected chi connectivity index (χ3v) is 5.34. The fraction of sp³-hybridized carbons (Fsp3) is 0.588. The van der Waals surface area contributed by atoms with E-state index in [0.29, 0.717) is 24.3 Å². The van der Waals surface area contributed by atoms with Crippen molar-refractivity contribution in [2.75, 3.05) is 18.8 Å². The maximum Gasteiger partial charge on any atom is 0.233 e. The van der Waals surface area contributed by atoms with Gasteiger partial charge < -0.3 is 10.6 Å². The van der Waals surface area contributed by atoms with Gasteiger partial charge in [-0.2, -0.15) is 0 Å². The predicted molar refractivity (Wildman–Crippen MR) is 89.4 cm³/mol. The van der Waals surface area contributed by atoms with E-state index in [1.54, 1.807) is 11.8 Å². The molecule has 1 amide bonds. The van der Waals surface area contributed by atoms with Gasteiger partial charge in [0.05, 0.1) is 5.75 Å². The van der Waals surface area contributed by atoms with Crippen LogP contribution in [0, 0.1) is 5.92 Å². The van der Waals surface area contributed by atoms with Gasteiger partial charge in [0.25, 0.3) is 0 Å². The molecule has 1 fully saturated rings. The molecule has 1 aliphatic carbocycles. The van der Waals surface area contributed by atoms with Gasteiger partial charge in [0, 0.05) is 17.5 Å². The molecule has 1 aromatic rings. The summed E-state index contributed by atoms with van der Waals surface area (Å²) in [5, 5.41) is 0. The second-order valence-corrected chi connectivity index (χ2v) is 6.68. The van der Waals surface area contributed by atoms with E-state index in [1.165, 1.54) is 12.8 Å². The van der Waals surface area contributed by atoms with Crippen LogP contribution >= 0.6 is 11.8 Å². The summed E-state index contributed by atoms with van der Waals surface area (Å²) in [5.41, 5.74) is 5.91. The lowest BCUT2D eigenvalue weighted by Crippen LogP contribution is -2.48. The first-order chi connectivity index (χ1) is 10.3. The fourth-order valence-electron chi connectivity index (χ4n) is 3.21. The molecule has 2 atom stereocenters. The highest BCUT2D eigenvalue weighted by molar-refractivity contribution is 8.00. The number of hydrogen-bond donors (Lipinski definition) is 1. The van der Waals surface area contributed by atoms with Gasteiger partial charge in [-0.05, 0) is 44.4 Å². The molecule has 0 saturated heterocycles. The topological polar surface area (TPSA) is 46.3 Å². The van der Waals surface area contributed by atoms with Crippen molar-refractivity contribution in [3.63, 3.8) is 0 Å². The lowest BCUT2D eigenvalue weighted by molar-refractivity contribution is -0.132. The average molecular weight is 306 g/mol. The summed E-state index contributed by atoms with van der Waals surface area (Å²) in [4.78, 5) is 15.8. The van der Waals surface area contributed by atoms with E-state index in [1.807, 2.05) is 18.2 Å². The van der Waals surface area contributed by atoms with Crippen LogP contribution in [0.15, 0.2) is 35.2 Å². The molecule has 116 valence electrons. The number of nitrogens with two attached hydrogens (primary N) is 1. The van der Waals surface area contributed by atoms with Crippen molar-refractivity contribution in [3.05, 3.63) is 30.3 Å². The van der Waals surface area contributed by atoms with E-state index >= 15 is 0 Å². The number of hydrogen-bond acceptors (Lipinski definition) is 3. The van der Waals surface area contributed by atoms with Gasteiger partial charge in [-0.25, -0.2) is 0 Å². The molecule has 2 rings (SSSR count). The third-order valence-electron chi connectivity index (χ3n) is 4.34. The monoisotopic (exact) mass is 306 g/mol. The second-order valence-electron chi connectivity index (χ2n) is 5.63. The molecule has 1 aliphatic rings. The minimum Gasteiger partial charge on any atom is -0.339 e. The lowest BCUT2D eigenvalue weighted by atomic mass is 9.83. The molecule has 3 nitrogen and oxygen atoms in total. The predicted octanol–water partition coefficient (Wildman–Crippen LogP) is 3.14. The van der Waals surface area contributed by atoms with Gasteiger partial charge in [0.15, 0.2) is 0 Å². The Morgan fingerprint density at radius 3 is 2.67 bits per heavy atom. The van der Waals surface area contributed by atoms with Crippen LogP contribution in [-0.2, 0) is 4.79 Å². The fourth-order valence-corrected chi connectivity index (χ4v) is 4.02. The van der Waals surface area contributed by atoms with E-state index < -0.39 is 0 Å². The highest BCUT2D eigenvalue weighted by Gasteiger charge is 2.31. The first kappa shape index (κ1) is 16.4. The van der Waals surface area contributed by atoms with E-state index in [4.69, 9.17) is 5.73 Å². The smallest absolute Gasteiger partial charge is 0.233 e. The van der Waals surface area contributed by atoms with Crippen LogP contribution < -0.4 is 5.73 Å². The molecule has 2 unspecified atom stereocenters. The van der Waals surface area contributed by atoms with Crippen LogP contribution in [0.25, 0.3) is 0 Å². The van der Waals surface area contributed by atoms with Gasteiger partial charge in [0.1, 0.15) is 0 Å². The van der Waals surface area contributed by atoms with Crippen LogP contribution in [0.5, 0.6) is 0 Å². The van der Waals surface area contributed by atoms with Crippen molar-refractivity contribution >= 4 is 17.7 Å². The Balaban J connectivity index is 1.94. The lowest BCUT2D eigenvalue weighted by Gasteiger charge is -2.39. The summed E-state index contributed by atoms with van der Waals surface area (Å²) < 4.78 is 0. The maximum absolute atomic E-state index is 12.6. The molecule has 0 radical (unpaired) electrons. The Labute approximate surface area is 132 Å². The Morgan fingerprint density at radius 2 is 2.00 bits per heavy atom. The van der Waals surface area contributed by atoms with Crippen molar-refractivity contribution in [1.82, 2.24) is 4.90 Å². The number of carbonyl (C=O) groups excluding carboxylic acids is 1. The first-order valence-electron chi connectivity index (χ1n) is 7.93. The normalized spacial score (nSPS) is 22.0. The first-order valence-corrected chi connectivity index (χ1v) is 8.92. The quantitative estimate of drug-likeness (QED) is 0.821. The second kappa shape index (κ2) is 8.44. The van der Waals surface area contributed by atoms with Crippen molar-refractivity contribution in [2.24, 2.45) is 11.7 Å². The SMILES string of the molecule is CCN(C(=O)CSc1ccccc1)C1CCCCC1CN. The summed E-state index contributed by atoms with van der Waals surface area (Å²) in [7, 11) is 0. The molecule has 1 saturated carbocycles. The number of rotatable bonds is 6. The van der Waals surface area contributed by atoms with Crippen molar-refractivity contribution in [2.45, 2.75) is 43.5 Å². The maximum atomic E-state index is 12.6. The molecule has 0 spiro atoms. The van der Waals surface area contributed by atoms with Crippen LogP contribution in [0.1, 0.15) is 32.6 Å². The molecule has 2 N–H and O–H groups in total. The van der Waals surface area contributed by atoms with Crippen molar-refractivity contribution < 1.29 is 4.79 Å². The third kappa shape index (κ3) is 4.48. The summed E-state index contributed by atoms with van der Waals surface area (Å²) >= 11 is 1.62. The van der Waals surface area contributed by atoms with E-state index in [9.17, 15) is 4.79 Å². The summed E-state index contributed by atoms with van der Waals surface area (Å²) in [5.74, 6) is 1.24. The number of carbonyl (C=O) groups is 1. The van der Waals surface area contributed by atoms with Crippen molar-refractivity contribution in [1.29, 1.82) is 0 Å². The van der Waals surface area contributed by atoms with E-state index in [-0.39, 0.29) is 5.91 Å². The molecule has 21 heavy (non-hydrogen) atoms. The zero-order valence-corrected chi connectivity index (χ0v) is 13.6. The van der Waals surface area contributed by atoms with Crippen LogP contribution in [-0.4, -0.2) is 35.7 Å². The minimum absolute atomic E-state index is 0.247. The Bertz CT molecular complexity index is 438. The van der Waals surface area contributed by atoms with Crippen molar-refractivity contribution in [3.8, 4) is 0 Å². The van der Waals surface area contributed by atoms with Crippen LogP contribution in [0.3, 0.4) is 0 Å². The largest absolute Gasteiger partial charge is 0.339 e. The van der Waals surface area contributed by atoms with Gasteiger partial charge >= 0.3 is 0 Å². The molecule has 4 heteroatoms. The average Bonchev–Trinajstić information content (AvgIpc) is 2.55. The number of nitrogens with zero attached hydrogens (tertiary/aromatic N) is 1. The highest BCUT2D eigenvalue weighted by Crippen LogP contribution is 2.28. The summed E-state index contributed by atoms with van der Waals surface area (Å²) in [6.45, 7) is 3.56. The van der Waals surface area contributed by atoms with Gasteiger partial charge in [-0.1, -0.05) is 31.0 Å². The molecule has 0 aliphatic heterocycles. The minimum atomic E-state index is 0.247. The Morgan fingerprint density at radius 1 is 1.29 bits per heavy atom. The highest BCUT2D eigenvalue weighted by atomic mass is 32.2. The number of thioether (sulfide) groups is 1. The molecule has 0 aromatic heterocycles. The Kier molecular flexibility index (Phi) is 6.58. The molecule has 1 aromatic carbocycles. The zero-order valence-electron chi connectivity index (χ0n) is 12.8.